The standard InChI is InChI=1S/C23H32N2O3/c1-23(2,3)28-22(26)25-20(15-18-9-6-5-7-10-18)13-14-24-17-19-11-8-12-21(16-19)27-4/h5-12,16,20,24H,13-15,17H2,1-4H3,(H,25,26)/t20-/m1/s1. The second-order valence-corrected chi connectivity index (χ2v) is 7.85. The fourth-order valence-corrected chi connectivity index (χ4v) is 2.89. The van der Waals surface area contributed by atoms with Crippen LogP contribution in [0.3, 0.4) is 0 Å². The second-order valence-electron chi connectivity index (χ2n) is 7.85. The van der Waals surface area contributed by atoms with E-state index in [1.165, 1.54) is 11.1 Å². The Hall–Kier alpha value is -2.53. The van der Waals surface area contributed by atoms with Gasteiger partial charge in [0.1, 0.15) is 11.4 Å². The average molecular weight is 385 g/mol. The maximum atomic E-state index is 12.2. The first-order valence-electron chi connectivity index (χ1n) is 9.73. The third-order valence-corrected chi connectivity index (χ3v) is 4.18. The predicted octanol–water partition coefficient (Wildman–Crippen LogP) is 4.31. The van der Waals surface area contributed by atoms with Gasteiger partial charge in [-0.2, -0.15) is 0 Å². The number of hydrogen-bond donors (Lipinski definition) is 2. The minimum absolute atomic E-state index is 0.00457. The molecule has 152 valence electrons. The molecule has 5 heteroatoms. The molecule has 2 aromatic rings. The summed E-state index contributed by atoms with van der Waals surface area (Å²) in [7, 11) is 1.67. The van der Waals surface area contributed by atoms with Crippen LogP contribution in [0.2, 0.25) is 0 Å². The first-order chi connectivity index (χ1) is 13.4. The van der Waals surface area contributed by atoms with Gasteiger partial charge in [0.25, 0.3) is 0 Å². The first kappa shape index (κ1) is 21.8. The molecule has 1 atom stereocenters. The molecule has 0 unspecified atom stereocenters. The van der Waals surface area contributed by atoms with E-state index in [0.717, 1.165) is 31.7 Å². The highest BCUT2D eigenvalue weighted by atomic mass is 16.6. The molecule has 2 aromatic carbocycles. The van der Waals surface area contributed by atoms with Crippen molar-refractivity contribution in [3.05, 3.63) is 65.7 Å². The van der Waals surface area contributed by atoms with E-state index in [0.29, 0.717) is 0 Å². The summed E-state index contributed by atoms with van der Waals surface area (Å²) in [6.07, 6.45) is 1.19. The Balaban J connectivity index is 1.88. The Morgan fingerprint density at radius 3 is 2.43 bits per heavy atom. The molecule has 0 saturated carbocycles. The molecular weight excluding hydrogens is 352 g/mol. The molecular formula is C23H32N2O3. The minimum atomic E-state index is -0.508. The molecule has 0 fully saturated rings. The van der Waals surface area contributed by atoms with Gasteiger partial charge in [-0.25, -0.2) is 4.79 Å². The molecule has 0 aliphatic heterocycles. The Bertz CT molecular complexity index is 726. The smallest absolute Gasteiger partial charge is 0.407 e. The van der Waals surface area contributed by atoms with Gasteiger partial charge in [-0.3, -0.25) is 0 Å². The van der Waals surface area contributed by atoms with E-state index in [4.69, 9.17) is 9.47 Å². The Kier molecular flexibility index (Phi) is 8.33. The van der Waals surface area contributed by atoms with E-state index in [1.54, 1.807) is 7.11 Å². The number of ether oxygens (including phenoxy) is 2. The van der Waals surface area contributed by atoms with Crippen molar-refractivity contribution < 1.29 is 14.3 Å². The number of hydrogen-bond acceptors (Lipinski definition) is 4. The van der Waals surface area contributed by atoms with Crippen LogP contribution in [0.4, 0.5) is 4.79 Å². The van der Waals surface area contributed by atoms with Crippen molar-refractivity contribution >= 4 is 6.09 Å². The first-order valence-corrected chi connectivity index (χ1v) is 9.73. The van der Waals surface area contributed by atoms with Crippen molar-refractivity contribution in [2.45, 2.75) is 51.8 Å². The molecule has 0 bridgehead atoms. The van der Waals surface area contributed by atoms with Gasteiger partial charge in [-0.05, 0) is 63.4 Å². The number of amides is 1. The Labute approximate surface area is 168 Å². The van der Waals surface area contributed by atoms with Crippen LogP contribution >= 0.6 is 0 Å². The molecule has 0 heterocycles. The maximum absolute atomic E-state index is 12.2. The van der Waals surface area contributed by atoms with E-state index < -0.39 is 5.60 Å². The molecule has 5 nitrogen and oxygen atoms in total. The zero-order valence-electron chi connectivity index (χ0n) is 17.3. The monoisotopic (exact) mass is 384 g/mol. The largest absolute Gasteiger partial charge is 0.497 e. The number of rotatable bonds is 9. The van der Waals surface area contributed by atoms with Crippen molar-refractivity contribution in [2.75, 3.05) is 13.7 Å². The molecule has 0 spiro atoms. The van der Waals surface area contributed by atoms with Crippen molar-refractivity contribution in [3.8, 4) is 5.75 Å². The summed E-state index contributed by atoms with van der Waals surface area (Å²) in [6, 6.07) is 18.2. The zero-order valence-corrected chi connectivity index (χ0v) is 17.3. The van der Waals surface area contributed by atoms with E-state index in [9.17, 15) is 4.79 Å². The van der Waals surface area contributed by atoms with Crippen molar-refractivity contribution in [3.63, 3.8) is 0 Å². The number of nitrogens with one attached hydrogen (secondary N) is 2. The van der Waals surface area contributed by atoms with Crippen LogP contribution < -0.4 is 15.4 Å². The second kappa shape index (κ2) is 10.7. The fourth-order valence-electron chi connectivity index (χ4n) is 2.89. The predicted molar refractivity (Wildman–Crippen MR) is 113 cm³/mol. The molecule has 2 rings (SSSR count). The number of carbonyl (C=O) groups is 1. The quantitative estimate of drug-likeness (QED) is 0.633. The van der Waals surface area contributed by atoms with Crippen LogP contribution in [0.5, 0.6) is 5.75 Å². The normalized spacial score (nSPS) is 12.3. The lowest BCUT2D eigenvalue weighted by Crippen LogP contribution is -2.41. The third-order valence-electron chi connectivity index (χ3n) is 4.18. The number of carbonyl (C=O) groups excluding carboxylic acids is 1. The van der Waals surface area contributed by atoms with Gasteiger partial charge >= 0.3 is 6.09 Å². The van der Waals surface area contributed by atoms with Gasteiger partial charge in [-0.15, -0.1) is 0 Å². The highest BCUT2D eigenvalue weighted by Gasteiger charge is 2.19. The minimum Gasteiger partial charge on any atom is -0.497 e. The van der Waals surface area contributed by atoms with Crippen molar-refractivity contribution in [1.82, 2.24) is 10.6 Å². The summed E-state index contributed by atoms with van der Waals surface area (Å²) in [5.41, 5.74) is 1.85. The summed E-state index contributed by atoms with van der Waals surface area (Å²) < 4.78 is 10.7. The zero-order chi connectivity index (χ0) is 20.4. The van der Waals surface area contributed by atoms with E-state index in [-0.39, 0.29) is 12.1 Å². The summed E-state index contributed by atoms with van der Waals surface area (Å²) in [5.74, 6) is 0.854. The van der Waals surface area contributed by atoms with Gasteiger partial charge in [0.05, 0.1) is 7.11 Å². The molecule has 0 aromatic heterocycles. The van der Waals surface area contributed by atoms with Crippen LogP contribution in [-0.2, 0) is 17.7 Å². The Morgan fingerprint density at radius 2 is 1.75 bits per heavy atom. The summed E-state index contributed by atoms with van der Waals surface area (Å²) >= 11 is 0. The molecule has 1 amide bonds. The highest BCUT2D eigenvalue weighted by Crippen LogP contribution is 2.13. The summed E-state index contributed by atoms with van der Waals surface area (Å²) in [6.45, 7) is 7.14. The molecule has 28 heavy (non-hydrogen) atoms. The SMILES string of the molecule is COc1cccc(CNCC[C@H](Cc2ccccc2)NC(=O)OC(C)(C)C)c1. The lowest BCUT2D eigenvalue weighted by Gasteiger charge is -2.24. The van der Waals surface area contributed by atoms with E-state index in [2.05, 4.69) is 28.8 Å². The lowest BCUT2D eigenvalue weighted by atomic mass is 10.0. The van der Waals surface area contributed by atoms with E-state index in [1.807, 2.05) is 57.2 Å². The third kappa shape index (κ3) is 8.44. The average Bonchev–Trinajstić information content (AvgIpc) is 2.64. The number of alkyl carbamates (subject to hydrolysis) is 1. The van der Waals surface area contributed by atoms with E-state index >= 15 is 0 Å². The van der Waals surface area contributed by atoms with Gasteiger partial charge in [-0.1, -0.05) is 42.5 Å². The van der Waals surface area contributed by atoms with Crippen LogP contribution in [-0.4, -0.2) is 31.4 Å². The molecule has 0 aliphatic rings. The highest BCUT2D eigenvalue weighted by molar-refractivity contribution is 5.68. The molecule has 0 radical (unpaired) electrons. The van der Waals surface area contributed by atoms with Gasteiger partial charge in [0.2, 0.25) is 0 Å². The Morgan fingerprint density at radius 1 is 1.04 bits per heavy atom. The van der Waals surface area contributed by atoms with Crippen LogP contribution in [0.1, 0.15) is 38.3 Å². The molecule has 0 saturated heterocycles. The van der Waals surface area contributed by atoms with Gasteiger partial charge < -0.3 is 20.1 Å². The van der Waals surface area contributed by atoms with Crippen LogP contribution in [0.25, 0.3) is 0 Å². The fraction of sp³-hybridized carbons (Fsp3) is 0.435. The van der Waals surface area contributed by atoms with Crippen molar-refractivity contribution in [1.29, 1.82) is 0 Å². The van der Waals surface area contributed by atoms with Crippen LogP contribution in [0.15, 0.2) is 54.6 Å². The van der Waals surface area contributed by atoms with Crippen molar-refractivity contribution in [2.24, 2.45) is 0 Å². The summed E-state index contributed by atoms with van der Waals surface area (Å²) in [5, 5.41) is 6.46. The number of methoxy groups -OCH3 is 1. The maximum Gasteiger partial charge on any atom is 0.407 e. The molecule has 2 N–H and O–H groups in total. The summed E-state index contributed by atoms with van der Waals surface area (Å²) in [4.78, 5) is 12.2. The molecule has 0 aliphatic carbocycles. The van der Waals surface area contributed by atoms with Gasteiger partial charge in [0, 0.05) is 12.6 Å². The van der Waals surface area contributed by atoms with Crippen LogP contribution in [0, 0.1) is 0 Å². The topological polar surface area (TPSA) is 59.6 Å². The van der Waals surface area contributed by atoms with Gasteiger partial charge in [0.15, 0.2) is 0 Å². The lowest BCUT2D eigenvalue weighted by molar-refractivity contribution is 0.0502. The number of benzene rings is 2.